The summed E-state index contributed by atoms with van der Waals surface area (Å²) in [5.74, 6) is -0.107. The lowest BCUT2D eigenvalue weighted by molar-refractivity contribution is 0.0944. The first kappa shape index (κ1) is 12.5. The van der Waals surface area contributed by atoms with Crippen molar-refractivity contribution in [2.75, 3.05) is 31.9 Å². The van der Waals surface area contributed by atoms with E-state index < -0.39 is 0 Å². The monoisotopic (exact) mass is 247 g/mol. The lowest BCUT2D eigenvalue weighted by Gasteiger charge is -2.22. The molecule has 3 N–H and O–H groups in total. The van der Waals surface area contributed by atoms with Crippen LogP contribution in [0.2, 0.25) is 0 Å². The van der Waals surface area contributed by atoms with E-state index in [0.717, 1.165) is 26.1 Å². The molecule has 0 saturated carbocycles. The molecule has 0 aromatic carbocycles. The molecule has 0 bridgehead atoms. The third-order valence-corrected chi connectivity index (χ3v) is 2.80. The van der Waals surface area contributed by atoms with E-state index in [2.05, 4.69) is 32.3 Å². The Labute approximate surface area is 106 Å². The van der Waals surface area contributed by atoms with Gasteiger partial charge in [-0.3, -0.25) is 9.69 Å². The molecule has 0 atom stereocenters. The van der Waals surface area contributed by atoms with Crippen LogP contribution in [0.4, 0.5) is 5.82 Å². The molecular formula is C12H17N5O. The molecule has 0 aliphatic carbocycles. The second-order valence-corrected chi connectivity index (χ2v) is 4.11. The summed E-state index contributed by atoms with van der Waals surface area (Å²) in [4.78, 5) is 21.8. The molecule has 0 saturated heterocycles. The van der Waals surface area contributed by atoms with E-state index >= 15 is 0 Å². The van der Waals surface area contributed by atoms with Crippen LogP contribution >= 0.6 is 0 Å². The second-order valence-electron chi connectivity index (χ2n) is 4.11. The van der Waals surface area contributed by atoms with Gasteiger partial charge in [-0.15, -0.1) is 0 Å². The molecule has 1 aromatic rings. The molecule has 1 aromatic heterocycles. The predicted molar refractivity (Wildman–Crippen MR) is 69.0 cm³/mol. The molecule has 1 aliphatic rings. The first-order chi connectivity index (χ1) is 8.77. The van der Waals surface area contributed by atoms with E-state index in [-0.39, 0.29) is 17.4 Å². The van der Waals surface area contributed by atoms with E-state index in [0.29, 0.717) is 6.54 Å². The Morgan fingerprint density at radius 3 is 2.94 bits per heavy atom. The van der Waals surface area contributed by atoms with Crippen molar-refractivity contribution in [1.82, 2.24) is 20.2 Å². The predicted octanol–water partition coefficient (Wildman–Crippen LogP) is 0.0505. The number of hydrogen-bond acceptors (Lipinski definition) is 5. The van der Waals surface area contributed by atoms with Gasteiger partial charge in [-0.1, -0.05) is 12.2 Å². The van der Waals surface area contributed by atoms with Gasteiger partial charge in [0.2, 0.25) is 0 Å². The summed E-state index contributed by atoms with van der Waals surface area (Å²) in [6.45, 7) is 3.40. The quantitative estimate of drug-likeness (QED) is 0.734. The maximum Gasteiger partial charge on any atom is 0.273 e. The Bertz CT molecular complexity index is 446. The van der Waals surface area contributed by atoms with Crippen LogP contribution in [0.1, 0.15) is 16.9 Å². The fraction of sp³-hybridized carbons (Fsp3) is 0.417. The number of nitrogen functional groups attached to an aromatic ring is 1. The van der Waals surface area contributed by atoms with Gasteiger partial charge in [0.05, 0.1) is 0 Å². The highest BCUT2D eigenvalue weighted by molar-refractivity contribution is 5.96. The number of hydrogen-bond donors (Lipinski definition) is 2. The number of nitrogens with two attached hydrogens (primary N) is 1. The van der Waals surface area contributed by atoms with Gasteiger partial charge in [-0.25, -0.2) is 9.97 Å². The van der Waals surface area contributed by atoms with Crippen LogP contribution < -0.4 is 11.1 Å². The van der Waals surface area contributed by atoms with Crippen LogP contribution in [-0.2, 0) is 0 Å². The molecule has 0 radical (unpaired) electrons. The Morgan fingerprint density at radius 2 is 2.22 bits per heavy atom. The van der Waals surface area contributed by atoms with Gasteiger partial charge in [0, 0.05) is 38.6 Å². The molecule has 0 spiro atoms. The summed E-state index contributed by atoms with van der Waals surface area (Å²) in [6.07, 6.45) is 8.32. The smallest absolute Gasteiger partial charge is 0.273 e. The minimum Gasteiger partial charge on any atom is -0.382 e. The van der Waals surface area contributed by atoms with Crippen LogP contribution in [-0.4, -0.2) is 47.0 Å². The minimum atomic E-state index is -0.270. The van der Waals surface area contributed by atoms with Gasteiger partial charge in [-0.05, 0) is 6.42 Å². The number of rotatable bonds is 4. The fourth-order valence-electron chi connectivity index (χ4n) is 1.83. The number of carbonyl (C=O) groups excluding carboxylic acids is 1. The van der Waals surface area contributed by atoms with Crippen molar-refractivity contribution in [1.29, 1.82) is 0 Å². The molecule has 1 amide bonds. The maximum atomic E-state index is 11.8. The molecule has 6 nitrogen and oxygen atoms in total. The lowest BCUT2D eigenvalue weighted by atomic mass is 10.2. The van der Waals surface area contributed by atoms with E-state index in [1.54, 1.807) is 0 Å². The van der Waals surface area contributed by atoms with Crippen LogP contribution in [0.5, 0.6) is 0 Å². The normalized spacial score (nSPS) is 15.6. The van der Waals surface area contributed by atoms with E-state index in [4.69, 9.17) is 5.73 Å². The Balaban J connectivity index is 1.78. The van der Waals surface area contributed by atoms with Crippen molar-refractivity contribution in [2.24, 2.45) is 0 Å². The summed E-state index contributed by atoms with van der Waals surface area (Å²) in [6, 6.07) is 0. The zero-order chi connectivity index (χ0) is 12.8. The number of amides is 1. The lowest BCUT2D eigenvalue weighted by Crippen LogP contribution is -2.37. The third-order valence-electron chi connectivity index (χ3n) is 2.80. The van der Waals surface area contributed by atoms with Crippen LogP contribution in [0, 0.1) is 0 Å². The molecule has 0 unspecified atom stereocenters. The van der Waals surface area contributed by atoms with E-state index in [1.165, 1.54) is 12.4 Å². The standard InChI is InChI=1S/C12H17N5O/c13-11-10(14-4-5-15-11)12(18)16-6-9-17-7-2-1-3-8-17/h1-2,4-5H,3,6-9H2,(H2,13,15)(H,16,18). The maximum absolute atomic E-state index is 11.8. The van der Waals surface area contributed by atoms with Crippen molar-refractivity contribution in [3.63, 3.8) is 0 Å². The highest BCUT2D eigenvalue weighted by Gasteiger charge is 2.12. The van der Waals surface area contributed by atoms with Crippen molar-refractivity contribution in [3.05, 3.63) is 30.2 Å². The number of carbonyl (C=O) groups is 1. The van der Waals surface area contributed by atoms with Crippen LogP contribution in [0.25, 0.3) is 0 Å². The summed E-state index contributed by atoms with van der Waals surface area (Å²) >= 11 is 0. The van der Waals surface area contributed by atoms with Crippen LogP contribution in [0.15, 0.2) is 24.5 Å². The Morgan fingerprint density at radius 1 is 1.39 bits per heavy atom. The summed E-state index contributed by atoms with van der Waals surface area (Å²) in [7, 11) is 0. The molecule has 1 aliphatic heterocycles. The number of nitrogens with zero attached hydrogens (tertiary/aromatic N) is 3. The van der Waals surface area contributed by atoms with Gasteiger partial charge in [0.15, 0.2) is 11.5 Å². The van der Waals surface area contributed by atoms with Crippen molar-refractivity contribution in [3.8, 4) is 0 Å². The largest absolute Gasteiger partial charge is 0.382 e. The van der Waals surface area contributed by atoms with Crippen molar-refractivity contribution >= 4 is 11.7 Å². The van der Waals surface area contributed by atoms with Crippen LogP contribution in [0.3, 0.4) is 0 Å². The first-order valence-corrected chi connectivity index (χ1v) is 5.99. The van der Waals surface area contributed by atoms with Gasteiger partial charge >= 0.3 is 0 Å². The average molecular weight is 247 g/mol. The summed E-state index contributed by atoms with van der Waals surface area (Å²) in [5, 5.41) is 2.80. The number of nitrogens with one attached hydrogen (secondary N) is 1. The topological polar surface area (TPSA) is 84.1 Å². The number of anilines is 1. The summed E-state index contributed by atoms with van der Waals surface area (Å²) < 4.78 is 0. The zero-order valence-corrected chi connectivity index (χ0v) is 10.2. The average Bonchev–Trinajstić information content (AvgIpc) is 2.40. The molecule has 0 fully saturated rings. The highest BCUT2D eigenvalue weighted by atomic mass is 16.1. The minimum absolute atomic E-state index is 0.163. The van der Waals surface area contributed by atoms with Gasteiger partial charge in [0.25, 0.3) is 5.91 Å². The number of aromatic nitrogens is 2. The zero-order valence-electron chi connectivity index (χ0n) is 10.2. The Kier molecular flexibility index (Phi) is 4.25. The molecule has 2 rings (SSSR count). The molecule has 2 heterocycles. The van der Waals surface area contributed by atoms with Gasteiger partial charge in [-0.2, -0.15) is 0 Å². The third kappa shape index (κ3) is 3.27. The summed E-state index contributed by atoms with van der Waals surface area (Å²) in [5.41, 5.74) is 5.77. The molecular weight excluding hydrogens is 230 g/mol. The van der Waals surface area contributed by atoms with Gasteiger partial charge < -0.3 is 11.1 Å². The van der Waals surface area contributed by atoms with E-state index in [1.807, 2.05) is 0 Å². The Hall–Kier alpha value is -1.95. The molecule has 6 heteroatoms. The van der Waals surface area contributed by atoms with E-state index in [9.17, 15) is 4.79 Å². The highest BCUT2D eigenvalue weighted by Crippen LogP contribution is 2.02. The van der Waals surface area contributed by atoms with Crippen molar-refractivity contribution < 1.29 is 4.79 Å². The van der Waals surface area contributed by atoms with Gasteiger partial charge in [0.1, 0.15) is 0 Å². The SMILES string of the molecule is Nc1nccnc1C(=O)NCCN1CC=CCC1. The molecule has 96 valence electrons. The second kappa shape index (κ2) is 6.11. The molecule has 18 heavy (non-hydrogen) atoms. The fourth-order valence-corrected chi connectivity index (χ4v) is 1.83. The first-order valence-electron chi connectivity index (χ1n) is 5.99. The van der Waals surface area contributed by atoms with Crippen molar-refractivity contribution in [2.45, 2.75) is 6.42 Å².